The molecule has 1 N–H and O–H groups in total. The first-order chi connectivity index (χ1) is 19.0. The van der Waals surface area contributed by atoms with E-state index in [4.69, 9.17) is 0 Å². The Hall–Kier alpha value is -4.13. The molecule has 40 heavy (non-hydrogen) atoms. The van der Waals surface area contributed by atoms with Gasteiger partial charge >= 0.3 is 0 Å². The normalized spacial score (nSPS) is 21.4. The van der Waals surface area contributed by atoms with Crippen LogP contribution in [0.15, 0.2) is 35.3 Å². The Morgan fingerprint density at radius 1 is 1.07 bits per heavy atom. The highest BCUT2D eigenvalue weighted by Crippen LogP contribution is 2.59. The van der Waals surface area contributed by atoms with Gasteiger partial charge in [0, 0.05) is 25.4 Å². The highest BCUT2D eigenvalue weighted by molar-refractivity contribution is 9.10. The Morgan fingerprint density at radius 3 is 2.55 bits per heavy atom. The molecule has 6 rings (SSSR count). The lowest BCUT2D eigenvalue weighted by molar-refractivity contribution is -0.138. The third-order valence-electron chi connectivity index (χ3n) is 7.68. The number of aryl methyl sites for hydroxylation is 2. The minimum atomic E-state index is -0.644. The maximum atomic E-state index is 13.7. The Bertz CT molecular complexity index is 1700. The molecule has 1 saturated heterocycles. The van der Waals surface area contributed by atoms with Crippen molar-refractivity contribution in [1.82, 2.24) is 39.6 Å². The van der Waals surface area contributed by atoms with E-state index < -0.39 is 6.04 Å². The third kappa shape index (κ3) is 4.53. The van der Waals surface area contributed by atoms with Crippen molar-refractivity contribution in [1.29, 1.82) is 0 Å². The maximum absolute atomic E-state index is 13.7. The van der Waals surface area contributed by atoms with Crippen molar-refractivity contribution in [2.75, 3.05) is 5.32 Å². The molecule has 1 aliphatic heterocycles. The topological polar surface area (TPSA) is 149 Å². The van der Waals surface area contributed by atoms with Crippen LogP contribution in [0.5, 0.6) is 0 Å². The number of pyridine rings is 1. The van der Waals surface area contributed by atoms with Crippen molar-refractivity contribution in [3.05, 3.63) is 52.4 Å². The van der Waals surface area contributed by atoms with Crippen molar-refractivity contribution in [3.63, 3.8) is 0 Å². The second-order valence-electron chi connectivity index (χ2n) is 10.7. The molecule has 2 aliphatic rings. The summed E-state index contributed by atoms with van der Waals surface area (Å²) in [5.41, 5.74) is 2.24. The number of piperidine rings is 1. The van der Waals surface area contributed by atoms with Crippen LogP contribution in [0.3, 0.4) is 0 Å². The van der Waals surface area contributed by atoms with Gasteiger partial charge in [-0.25, -0.2) is 24.9 Å². The predicted molar refractivity (Wildman–Crippen MR) is 148 cm³/mol. The number of aromatic nitrogens is 7. The molecule has 1 saturated carbocycles. The Kier molecular flexibility index (Phi) is 6.21. The first kappa shape index (κ1) is 26.1. The molecular formula is C27H26BrN9O3. The molecule has 0 spiro atoms. The van der Waals surface area contributed by atoms with E-state index in [0.717, 1.165) is 12.0 Å². The lowest BCUT2D eigenvalue weighted by atomic mass is 10.0. The monoisotopic (exact) mass is 603 g/mol. The number of nitrogens with zero attached hydrogens (tertiary/aromatic N) is 8. The van der Waals surface area contributed by atoms with Gasteiger partial charge in [0.15, 0.2) is 17.3 Å². The summed E-state index contributed by atoms with van der Waals surface area (Å²) in [6.45, 7) is 6.97. The number of nitrogens with one attached hydrogen (secondary N) is 1. The molecule has 13 heteroatoms. The minimum absolute atomic E-state index is 0.0363. The minimum Gasteiger partial charge on any atom is -0.325 e. The lowest BCUT2D eigenvalue weighted by Crippen LogP contribution is -2.47. The van der Waals surface area contributed by atoms with Gasteiger partial charge in [-0.15, -0.1) is 0 Å². The quantitative estimate of drug-likeness (QED) is 0.259. The highest BCUT2D eigenvalue weighted by Gasteiger charge is 2.64. The Labute approximate surface area is 237 Å². The van der Waals surface area contributed by atoms with Gasteiger partial charge in [-0.2, -0.15) is 5.10 Å². The molecule has 4 aromatic rings. The third-order valence-corrected chi connectivity index (χ3v) is 8.12. The van der Waals surface area contributed by atoms with Crippen LogP contribution in [0.25, 0.3) is 22.4 Å². The molecular weight excluding hydrogens is 578 g/mol. The van der Waals surface area contributed by atoms with Gasteiger partial charge in [-0.1, -0.05) is 13.0 Å². The molecule has 2 fully saturated rings. The smallest absolute Gasteiger partial charge is 0.248 e. The zero-order valence-corrected chi connectivity index (χ0v) is 23.9. The summed E-state index contributed by atoms with van der Waals surface area (Å²) >= 11 is 3.34. The SMILES string of the molecule is CC(=O)c1nn(CC(=O)N2[C@H](C(=O)Nc3nc(Br)ccc3C)C[C@@]3(C)C[C@@H]23)c2cnc(-c3cnc(C)nc3)nc12. The fourth-order valence-electron chi connectivity index (χ4n) is 5.37. The second-order valence-corrected chi connectivity index (χ2v) is 11.5. The average Bonchev–Trinajstić information content (AvgIpc) is 3.28. The van der Waals surface area contributed by atoms with Crippen LogP contribution >= 0.6 is 15.9 Å². The van der Waals surface area contributed by atoms with Crippen LogP contribution in [0, 0.1) is 19.3 Å². The Morgan fingerprint density at radius 2 is 1.82 bits per heavy atom. The van der Waals surface area contributed by atoms with Crippen LogP contribution in [0.4, 0.5) is 5.82 Å². The van der Waals surface area contributed by atoms with Gasteiger partial charge in [0.05, 0.1) is 11.8 Å². The number of anilines is 1. The number of amides is 2. The lowest BCUT2D eigenvalue weighted by Gasteiger charge is -2.27. The average molecular weight is 604 g/mol. The fourth-order valence-corrected chi connectivity index (χ4v) is 5.68. The largest absolute Gasteiger partial charge is 0.325 e. The number of rotatable bonds is 6. The molecule has 2 amide bonds. The van der Waals surface area contributed by atoms with Crippen molar-refractivity contribution in [3.8, 4) is 11.4 Å². The number of fused-ring (bicyclic) bond motifs is 2. The zero-order valence-electron chi connectivity index (χ0n) is 22.3. The van der Waals surface area contributed by atoms with E-state index in [1.165, 1.54) is 11.6 Å². The molecule has 5 heterocycles. The predicted octanol–water partition coefficient (Wildman–Crippen LogP) is 3.28. The first-order valence-corrected chi connectivity index (χ1v) is 13.6. The number of halogens is 1. The standard InChI is InChI=1S/C27H26BrN9O3/c1-13-5-6-20(28)32-24(13)34-26(40)17-7-27(4)8-19(27)37(17)21(39)12-36-18-11-31-25(16-9-29-15(3)30-10-16)33-23(18)22(35-36)14(2)38/h5-6,9-11,17,19H,7-8,12H2,1-4H3,(H,32,34,40)/t17-,19+,27-/m0/s1. The molecule has 0 radical (unpaired) electrons. The first-order valence-electron chi connectivity index (χ1n) is 12.8. The Balaban J connectivity index is 1.29. The molecule has 3 atom stereocenters. The van der Waals surface area contributed by atoms with E-state index in [-0.39, 0.29) is 41.3 Å². The van der Waals surface area contributed by atoms with Crippen molar-refractivity contribution in [2.45, 2.75) is 59.2 Å². The summed E-state index contributed by atoms with van der Waals surface area (Å²) in [6.07, 6.45) is 6.16. The highest BCUT2D eigenvalue weighted by atomic mass is 79.9. The summed E-state index contributed by atoms with van der Waals surface area (Å²) in [4.78, 5) is 63.0. The van der Waals surface area contributed by atoms with Gasteiger partial charge in [0.25, 0.3) is 0 Å². The fraction of sp³-hybridized carbons (Fsp3) is 0.370. The molecule has 12 nitrogen and oxygen atoms in total. The number of Topliss-reactive ketones (excluding diaryl/α,β-unsaturated/α-hetero) is 1. The summed E-state index contributed by atoms with van der Waals surface area (Å²) in [7, 11) is 0. The number of hydrogen-bond acceptors (Lipinski definition) is 9. The van der Waals surface area contributed by atoms with Gasteiger partial charge in [-0.3, -0.25) is 19.1 Å². The van der Waals surface area contributed by atoms with Crippen molar-refractivity contribution >= 4 is 50.4 Å². The van der Waals surface area contributed by atoms with E-state index in [9.17, 15) is 14.4 Å². The van der Waals surface area contributed by atoms with Crippen molar-refractivity contribution < 1.29 is 14.4 Å². The number of carbonyl (C=O) groups excluding carboxylic acids is 3. The van der Waals surface area contributed by atoms with E-state index in [1.54, 1.807) is 36.5 Å². The molecule has 204 valence electrons. The van der Waals surface area contributed by atoms with Crippen LogP contribution < -0.4 is 5.32 Å². The number of hydrogen-bond donors (Lipinski definition) is 1. The summed E-state index contributed by atoms with van der Waals surface area (Å²) in [5.74, 6) is 0.589. The van der Waals surface area contributed by atoms with Gasteiger partial charge in [-0.05, 0) is 59.7 Å². The van der Waals surface area contributed by atoms with Crippen LogP contribution in [-0.4, -0.2) is 69.3 Å². The number of carbonyl (C=O) groups is 3. The zero-order chi connectivity index (χ0) is 28.3. The van der Waals surface area contributed by atoms with Crippen LogP contribution in [0.2, 0.25) is 0 Å². The maximum Gasteiger partial charge on any atom is 0.248 e. The van der Waals surface area contributed by atoms with Crippen molar-refractivity contribution in [2.24, 2.45) is 5.41 Å². The van der Waals surface area contributed by atoms with Crippen LogP contribution in [0.1, 0.15) is 48.6 Å². The van der Waals surface area contributed by atoms with Crippen LogP contribution in [-0.2, 0) is 16.1 Å². The van der Waals surface area contributed by atoms with Gasteiger partial charge in [0.2, 0.25) is 11.8 Å². The molecule has 1 aliphatic carbocycles. The molecule has 0 aromatic carbocycles. The summed E-state index contributed by atoms with van der Waals surface area (Å²) in [6, 6.07) is 2.98. The molecule has 4 aromatic heterocycles. The number of likely N-dealkylation sites (tertiary alicyclic amines) is 1. The van der Waals surface area contributed by atoms with E-state index in [0.29, 0.717) is 45.1 Å². The summed E-state index contributed by atoms with van der Waals surface area (Å²) < 4.78 is 2.05. The number of ketones is 1. The van der Waals surface area contributed by atoms with E-state index >= 15 is 0 Å². The van der Waals surface area contributed by atoms with Gasteiger partial charge < -0.3 is 10.2 Å². The molecule has 0 unspecified atom stereocenters. The molecule has 0 bridgehead atoms. The van der Waals surface area contributed by atoms with E-state index in [1.807, 2.05) is 13.0 Å². The van der Waals surface area contributed by atoms with E-state index in [2.05, 4.69) is 58.2 Å². The summed E-state index contributed by atoms with van der Waals surface area (Å²) in [5, 5.41) is 7.34. The van der Waals surface area contributed by atoms with Gasteiger partial charge in [0.1, 0.15) is 39.9 Å². The second kappa shape index (κ2) is 9.51.